The molecule has 0 spiro atoms. The fourth-order valence-electron chi connectivity index (χ4n) is 3.65. The van der Waals surface area contributed by atoms with Gasteiger partial charge in [-0.3, -0.25) is 0 Å². The summed E-state index contributed by atoms with van der Waals surface area (Å²) in [6.07, 6.45) is 4.95. The Labute approximate surface area is 113 Å². The Morgan fingerprint density at radius 3 is 2.42 bits per heavy atom. The molecule has 0 aromatic heterocycles. The molecule has 4 rings (SSSR count). The number of aryl methyl sites for hydroxylation is 1. The highest BCUT2D eigenvalue weighted by Crippen LogP contribution is 2.30. The van der Waals surface area contributed by atoms with Gasteiger partial charge in [0.2, 0.25) is 0 Å². The van der Waals surface area contributed by atoms with Crippen LogP contribution < -0.4 is 5.22 Å². The Kier molecular flexibility index (Phi) is 2.38. The van der Waals surface area contributed by atoms with E-state index in [1.807, 2.05) is 0 Å². The van der Waals surface area contributed by atoms with Crippen LogP contribution in [0.4, 0.5) is 0 Å². The van der Waals surface area contributed by atoms with Gasteiger partial charge in [0.05, 0.1) is 0 Å². The standard InChI is InChI=1S/C19H18/c1-2-13-5-3-8-16-10-9-14-6-4-7-15-11-12-17(13)19(16)18(14)15/h4,6-7,9-12H,2-3,5,8H2,1H3. The molecule has 19 heavy (non-hydrogen) atoms. The van der Waals surface area contributed by atoms with Gasteiger partial charge in [0.1, 0.15) is 0 Å². The molecule has 1 aliphatic rings. The van der Waals surface area contributed by atoms with Gasteiger partial charge in [-0.05, 0) is 58.0 Å². The maximum atomic E-state index is 2.35. The molecule has 0 nitrogen and oxygen atoms in total. The largest absolute Gasteiger partial charge is 0.0626 e. The average Bonchev–Trinajstić information content (AvgIpc) is 2.65. The topological polar surface area (TPSA) is 0 Å². The number of rotatable bonds is 1. The zero-order valence-electron chi connectivity index (χ0n) is 11.4. The first-order valence-corrected chi connectivity index (χ1v) is 7.33. The Morgan fingerprint density at radius 1 is 0.842 bits per heavy atom. The third-order valence-corrected chi connectivity index (χ3v) is 4.60. The van der Waals surface area contributed by atoms with Crippen molar-refractivity contribution >= 4 is 27.1 Å². The molecule has 0 fully saturated rings. The summed E-state index contributed by atoms with van der Waals surface area (Å²) in [4.78, 5) is 0. The molecule has 0 saturated carbocycles. The monoisotopic (exact) mass is 246 g/mol. The summed E-state index contributed by atoms with van der Waals surface area (Å²) in [5, 5.41) is 7.29. The van der Waals surface area contributed by atoms with Gasteiger partial charge in [0.15, 0.2) is 0 Å². The highest BCUT2D eigenvalue weighted by molar-refractivity contribution is 6.11. The van der Waals surface area contributed by atoms with Crippen molar-refractivity contribution in [2.45, 2.75) is 32.6 Å². The highest BCUT2D eigenvalue weighted by Gasteiger charge is 2.12. The quantitative estimate of drug-likeness (QED) is 0.588. The molecule has 0 saturated heterocycles. The average molecular weight is 246 g/mol. The molecule has 94 valence electrons. The van der Waals surface area contributed by atoms with Crippen LogP contribution in [0.5, 0.6) is 0 Å². The molecular weight excluding hydrogens is 228 g/mol. The summed E-state index contributed by atoms with van der Waals surface area (Å²) in [6, 6.07) is 15.9. The lowest BCUT2D eigenvalue weighted by molar-refractivity contribution is 0.847. The molecule has 3 aromatic carbocycles. The second-order valence-corrected chi connectivity index (χ2v) is 5.60. The predicted molar refractivity (Wildman–Crippen MR) is 83.3 cm³/mol. The van der Waals surface area contributed by atoms with Gasteiger partial charge in [-0.15, -0.1) is 0 Å². The van der Waals surface area contributed by atoms with Gasteiger partial charge in [-0.25, -0.2) is 0 Å². The molecule has 0 bridgehead atoms. The normalized spacial score (nSPS) is 15.1. The summed E-state index contributed by atoms with van der Waals surface area (Å²) < 4.78 is 0. The molecule has 0 atom stereocenters. The van der Waals surface area contributed by atoms with Crippen LogP contribution in [0.15, 0.2) is 42.5 Å². The maximum Gasteiger partial charge on any atom is -0.00301 e. The lowest BCUT2D eigenvalue weighted by atomic mass is 9.94. The second kappa shape index (κ2) is 4.09. The Bertz CT molecular complexity index is 808. The van der Waals surface area contributed by atoms with E-state index in [1.54, 1.807) is 11.1 Å². The Balaban J connectivity index is 2.34. The number of hydrogen-bond donors (Lipinski definition) is 0. The van der Waals surface area contributed by atoms with Crippen LogP contribution in [0.3, 0.4) is 0 Å². The van der Waals surface area contributed by atoms with Crippen molar-refractivity contribution in [3.05, 3.63) is 53.2 Å². The van der Waals surface area contributed by atoms with Gasteiger partial charge in [0.25, 0.3) is 0 Å². The van der Waals surface area contributed by atoms with Crippen LogP contribution in [0.1, 0.15) is 31.7 Å². The highest BCUT2D eigenvalue weighted by atomic mass is 14.2. The zero-order valence-corrected chi connectivity index (χ0v) is 11.4. The van der Waals surface area contributed by atoms with Crippen molar-refractivity contribution in [3.8, 4) is 0 Å². The molecule has 0 unspecified atom stereocenters. The number of benzene rings is 3. The first-order chi connectivity index (χ1) is 9.38. The first-order valence-electron chi connectivity index (χ1n) is 7.33. The third-order valence-electron chi connectivity index (χ3n) is 4.60. The maximum absolute atomic E-state index is 2.35. The van der Waals surface area contributed by atoms with Crippen LogP contribution >= 0.6 is 0 Å². The molecule has 0 heteroatoms. The van der Waals surface area contributed by atoms with Crippen LogP contribution in [0.2, 0.25) is 0 Å². The van der Waals surface area contributed by atoms with Crippen molar-refractivity contribution in [1.29, 1.82) is 0 Å². The first kappa shape index (κ1) is 11.0. The van der Waals surface area contributed by atoms with Crippen LogP contribution in [0.25, 0.3) is 27.1 Å². The lowest BCUT2D eigenvalue weighted by Gasteiger charge is -2.10. The van der Waals surface area contributed by atoms with E-state index < -0.39 is 0 Å². The fraction of sp³-hybridized carbons (Fsp3) is 0.263. The van der Waals surface area contributed by atoms with E-state index >= 15 is 0 Å². The molecule has 0 aliphatic heterocycles. The minimum absolute atomic E-state index is 1.18. The molecule has 3 aromatic rings. The number of hydrogen-bond acceptors (Lipinski definition) is 0. The summed E-state index contributed by atoms with van der Waals surface area (Å²) in [6.45, 7) is 2.29. The van der Waals surface area contributed by atoms with Gasteiger partial charge >= 0.3 is 0 Å². The van der Waals surface area contributed by atoms with E-state index in [4.69, 9.17) is 0 Å². The van der Waals surface area contributed by atoms with E-state index in [9.17, 15) is 0 Å². The fourth-order valence-corrected chi connectivity index (χ4v) is 3.65. The van der Waals surface area contributed by atoms with Gasteiger partial charge in [0, 0.05) is 0 Å². The minimum Gasteiger partial charge on any atom is -0.0626 e. The zero-order chi connectivity index (χ0) is 12.8. The van der Waals surface area contributed by atoms with Crippen LogP contribution in [0, 0.1) is 0 Å². The van der Waals surface area contributed by atoms with Crippen LogP contribution in [-0.4, -0.2) is 0 Å². The second-order valence-electron chi connectivity index (χ2n) is 5.60. The Hall–Kier alpha value is -1.82. The van der Waals surface area contributed by atoms with Gasteiger partial charge in [-0.2, -0.15) is 0 Å². The van der Waals surface area contributed by atoms with Crippen molar-refractivity contribution < 1.29 is 0 Å². The van der Waals surface area contributed by atoms with Crippen LogP contribution in [-0.2, 0) is 6.42 Å². The smallest absolute Gasteiger partial charge is 0.00301 e. The molecule has 1 aliphatic carbocycles. The third kappa shape index (κ3) is 1.53. The molecule has 0 amide bonds. The van der Waals surface area contributed by atoms with E-state index in [1.165, 1.54) is 52.4 Å². The SMILES string of the molecule is CCC1=c2ccc3cccc4ccc(c2c43)CCC1. The predicted octanol–water partition coefficient (Wildman–Crippen LogP) is 4.61. The van der Waals surface area contributed by atoms with Crippen molar-refractivity contribution in [3.63, 3.8) is 0 Å². The molecule has 0 N–H and O–H groups in total. The van der Waals surface area contributed by atoms with Gasteiger partial charge < -0.3 is 0 Å². The molecular formula is C19H18. The van der Waals surface area contributed by atoms with E-state index in [0.29, 0.717) is 0 Å². The molecule has 0 heterocycles. The van der Waals surface area contributed by atoms with E-state index in [2.05, 4.69) is 49.4 Å². The summed E-state index contributed by atoms with van der Waals surface area (Å²) in [7, 11) is 0. The van der Waals surface area contributed by atoms with Crippen molar-refractivity contribution in [2.24, 2.45) is 0 Å². The Morgan fingerprint density at radius 2 is 1.63 bits per heavy atom. The summed E-state index contributed by atoms with van der Waals surface area (Å²) >= 11 is 0. The molecule has 0 radical (unpaired) electrons. The van der Waals surface area contributed by atoms with E-state index in [-0.39, 0.29) is 0 Å². The summed E-state index contributed by atoms with van der Waals surface area (Å²) in [5.74, 6) is 0. The van der Waals surface area contributed by atoms with Crippen molar-refractivity contribution in [1.82, 2.24) is 0 Å². The summed E-state index contributed by atoms with van der Waals surface area (Å²) in [5.41, 5.74) is 3.18. The van der Waals surface area contributed by atoms with E-state index in [0.717, 1.165) is 0 Å². The lowest BCUT2D eigenvalue weighted by Crippen LogP contribution is -2.07. The van der Waals surface area contributed by atoms with Gasteiger partial charge in [-0.1, -0.05) is 55.0 Å². The minimum atomic E-state index is 1.18. The van der Waals surface area contributed by atoms with Crippen molar-refractivity contribution in [2.75, 3.05) is 0 Å².